The zero-order chi connectivity index (χ0) is 14.7. The smallest absolute Gasteiger partial charge is 0.253 e. The lowest BCUT2D eigenvalue weighted by Gasteiger charge is -2.15. The van der Waals surface area contributed by atoms with E-state index in [0.717, 1.165) is 5.56 Å². The highest BCUT2D eigenvalue weighted by molar-refractivity contribution is 9.10. The van der Waals surface area contributed by atoms with Crippen LogP contribution >= 0.6 is 15.9 Å². The van der Waals surface area contributed by atoms with Crippen molar-refractivity contribution in [1.82, 2.24) is 5.32 Å². The Morgan fingerprint density at radius 2 is 1.80 bits per heavy atom. The molecule has 0 aromatic heterocycles. The van der Waals surface area contributed by atoms with Gasteiger partial charge in [0.25, 0.3) is 5.91 Å². The van der Waals surface area contributed by atoms with Crippen LogP contribution in [0, 0.1) is 11.6 Å². The first-order valence-corrected chi connectivity index (χ1v) is 6.78. The van der Waals surface area contributed by atoms with Crippen molar-refractivity contribution in [3.8, 4) is 0 Å². The molecule has 104 valence electrons. The maximum atomic E-state index is 13.4. The molecule has 20 heavy (non-hydrogen) atoms. The summed E-state index contributed by atoms with van der Waals surface area (Å²) in [7, 11) is 0. The van der Waals surface area contributed by atoms with Gasteiger partial charge in [-0.3, -0.25) is 4.79 Å². The number of benzene rings is 2. The van der Waals surface area contributed by atoms with E-state index in [1.54, 1.807) is 19.1 Å². The number of hydrogen-bond acceptors (Lipinski definition) is 1. The van der Waals surface area contributed by atoms with Gasteiger partial charge in [-0.2, -0.15) is 0 Å². The minimum absolute atomic E-state index is 0.129. The highest BCUT2D eigenvalue weighted by Gasteiger charge is 2.15. The molecule has 2 aromatic rings. The Bertz CT molecular complexity index is 628. The first-order valence-electron chi connectivity index (χ1n) is 5.99. The fraction of sp³-hybridized carbons (Fsp3) is 0.133. The third-order valence-electron chi connectivity index (χ3n) is 2.91. The van der Waals surface area contributed by atoms with E-state index >= 15 is 0 Å². The van der Waals surface area contributed by atoms with Crippen LogP contribution in [0.1, 0.15) is 28.9 Å². The lowest BCUT2D eigenvalue weighted by Crippen LogP contribution is -2.27. The van der Waals surface area contributed by atoms with E-state index in [-0.39, 0.29) is 21.9 Å². The average molecular weight is 340 g/mol. The predicted molar refractivity (Wildman–Crippen MR) is 76.4 cm³/mol. The van der Waals surface area contributed by atoms with Gasteiger partial charge in [0.05, 0.1) is 16.1 Å². The monoisotopic (exact) mass is 339 g/mol. The van der Waals surface area contributed by atoms with Crippen molar-refractivity contribution < 1.29 is 13.6 Å². The molecule has 1 amide bonds. The molecule has 0 spiro atoms. The summed E-state index contributed by atoms with van der Waals surface area (Å²) in [6.45, 7) is 1.78. The second-order valence-electron chi connectivity index (χ2n) is 4.35. The summed E-state index contributed by atoms with van der Waals surface area (Å²) in [5.41, 5.74) is 0.992. The lowest BCUT2D eigenvalue weighted by molar-refractivity contribution is 0.0938. The van der Waals surface area contributed by atoms with Gasteiger partial charge in [0.15, 0.2) is 0 Å². The second-order valence-corrected chi connectivity index (χ2v) is 5.14. The summed E-state index contributed by atoms with van der Waals surface area (Å²) >= 11 is 3.05. The molecule has 0 fully saturated rings. The first-order chi connectivity index (χ1) is 9.49. The third-order valence-corrected chi connectivity index (χ3v) is 3.72. The molecule has 1 unspecified atom stereocenters. The Morgan fingerprint density at radius 1 is 1.15 bits per heavy atom. The van der Waals surface area contributed by atoms with E-state index in [4.69, 9.17) is 0 Å². The van der Waals surface area contributed by atoms with Crippen LogP contribution in [-0.2, 0) is 0 Å². The molecule has 0 radical (unpaired) electrons. The van der Waals surface area contributed by atoms with Crippen molar-refractivity contribution in [2.45, 2.75) is 13.0 Å². The van der Waals surface area contributed by atoms with Gasteiger partial charge in [-0.05, 0) is 52.7 Å². The van der Waals surface area contributed by atoms with Crippen LogP contribution in [0.25, 0.3) is 0 Å². The van der Waals surface area contributed by atoms with Gasteiger partial charge in [-0.1, -0.05) is 18.2 Å². The molecule has 0 aliphatic heterocycles. The van der Waals surface area contributed by atoms with Gasteiger partial charge in [0.1, 0.15) is 11.6 Å². The highest BCUT2D eigenvalue weighted by atomic mass is 79.9. The molecule has 2 rings (SSSR count). The maximum absolute atomic E-state index is 13.4. The van der Waals surface area contributed by atoms with E-state index in [1.807, 2.05) is 0 Å². The highest BCUT2D eigenvalue weighted by Crippen LogP contribution is 2.21. The molecule has 2 aromatic carbocycles. The molecular formula is C15H12BrF2NO. The van der Waals surface area contributed by atoms with Gasteiger partial charge in [-0.15, -0.1) is 0 Å². The molecule has 0 heterocycles. The topological polar surface area (TPSA) is 29.1 Å². The Kier molecular flexibility index (Phi) is 4.49. The molecule has 0 aliphatic rings. The summed E-state index contributed by atoms with van der Waals surface area (Å²) in [5, 5.41) is 2.74. The van der Waals surface area contributed by atoms with E-state index in [9.17, 15) is 13.6 Å². The van der Waals surface area contributed by atoms with E-state index < -0.39 is 11.7 Å². The molecule has 1 N–H and O–H groups in total. The normalized spacial score (nSPS) is 12.0. The Labute approximate surface area is 123 Å². The van der Waals surface area contributed by atoms with Crippen LogP contribution < -0.4 is 5.32 Å². The Hall–Kier alpha value is -1.75. The van der Waals surface area contributed by atoms with Crippen LogP contribution in [0.2, 0.25) is 0 Å². The fourth-order valence-corrected chi connectivity index (χ4v) is 2.23. The van der Waals surface area contributed by atoms with Gasteiger partial charge in [0, 0.05) is 0 Å². The van der Waals surface area contributed by atoms with E-state index in [2.05, 4.69) is 21.2 Å². The minimum Gasteiger partial charge on any atom is -0.345 e. The largest absolute Gasteiger partial charge is 0.345 e. The third kappa shape index (κ3) is 3.22. The van der Waals surface area contributed by atoms with Gasteiger partial charge < -0.3 is 5.32 Å². The van der Waals surface area contributed by atoms with E-state index in [1.165, 1.54) is 30.3 Å². The van der Waals surface area contributed by atoms with Crippen LogP contribution in [-0.4, -0.2) is 5.91 Å². The number of nitrogens with one attached hydrogen (secondary N) is 1. The van der Waals surface area contributed by atoms with Gasteiger partial charge >= 0.3 is 0 Å². The average Bonchev–Trinajstić information content (AvgIpc) is 2.42. The van der Waals surface area contributed by atoms with Gasteiger partial charge in [0.2, 0.25) is 0 Å². The number of carbonyl (C=O) groups excluding carboxylic acids is 1. The van der Waals surface area contributed by atoms with Crippen LogP contribution in [0.4, 0.5) is 8.78 Å². The summed E-state index contributed by atoms with van der Waals surface area (Å²) in [4.78, 5) is 12.1. The fourth-order valence-electron chi connectivity index (χ4n) is 1.79. The summed E-state index contributed by atoms with van der Waals surface area (Å²) < 4.78 is 26.3. The molecule has 1 atom stereocenters. The predicted octanol–water partition coefficient (Wildman–Crippen LogP) is 4.22. The Balaban J connectivity index is 2.15. The van der Waals surface area contributed by atoms with Crippen molar-refractivity contribution in [1.29, 1.82) is 0 Å². The number of rotatable bonds is 3. The van der Waals surface area contributed by atoms with Crippen molar-refractivity contribution >= 4 is 21.8 Å². The van der Waals surface area contributed by atoms with Gasteiger partial charge in [-0.25, -0.2) is 8.78 Å². The zero-order valence-corrected chi connectivity index (χ0v) is 12.2. The molecule has 0 bridgehead atoms. The first kappa shape index (κ1) is 14.7. The molecule has 0 saturated carbocycles. The molecule has 2 nitrogen and oxygen atoms in total. The SMILES string of the molecule is CC(NC(=O)c1cccc(F)c1Br)c1ccc(F)cc1. The minimum atomic E-state index is -0.493. The maximum Gasteiger partial charge on any atom is 0.253 e. The zero-order valence-electron chi connectivity index (χ0n) is 10.7. The molecule has 5 heteroatoms. The number of carbonyl (C=O) groups is 1. The molecular weight excluding hydrogens is 328 g/mol. The summed E-state index contributed by atoms with van der Waals surface area (Å²) in [5.74, 6) is -1.22. The van der Waals surface area contributed by atoms with Crippen LogP contribution in [0.15, 0.2) is 46.9 Å². The van der Waals surface area contributed by atoms with Crippen LogP contribution in [0.3, 0.4) is 0 Å². The van der Waals surface area contributed by atoms with Crippen molar-refractivity contribution in [2.75, 3.05) is 0 Å². The van der Waals surface area contributed by atoms with Crippen molar-refractivity contribution in [3.63, 3.8) is 0 Å². The summed E-state index contributed by atoms with van der Waals surface area (Å²) in [6, 6.07) is 9.81. The molecule has 0 saturated heterocycles. The quantitative estimate of drug-likeness (QED) is 0.891. The number of hydrogen-bond donors (Lipinski definition) is 1. The molecule has 0 aliphatic carbocycles. The Morgan fingerprint density at radius 3 is 2.45 bits per heavy atom. The standard InChI is InChI=1S/C15H12BrF2NO/c1-9(10-5-7-11(17)8-6-10)19-15(20)12-3-2-4-13(18)14(12)16/h2-9H,1H3,(H,19,20). The van der Waals surface area contributed by atoms with Crippen molar-refractivity contribution in [3.05, 3.63) is 69.7 Å². The van der Waals surface area contributed by atoms with Crippen LogP contribution in [0.5, 0.6) is 0 Å². The summed E-state index contributed by atoms with van der Waals surface area (Å²) in [6.07, 6.45) is 0. The number of halogens is 3. The number of amides is 1. The second kappa shape index (κ2) is 6.13. The lowest BCUT2D eigenvalue weighted by atomic mass is 10.1. The van der Waals surface area contributed by atoms with E-state index in [0.29, 0.717) is 0 Å². The van der Waals surface area contributed by atoms with Crippen molar-refractivity contribution in [2.24, 2.45) is 0 Å².